The van der Waals surface area contributed by atoms with Gasteiger partial charge in [0.05, 0.1) is 12.6 Å². The molecule has 2 N–H and O–H groups in total. The molecule has 2 saturated carbocycles. The van der Waals surface area contributed by atoms with Crippen molar-refractivity contribution in [3.63, 3.8) is 0 Å². The third-order valence-corrected chi connectivity index (χ3v) is 4.48. The normalized spacial score (nSPS) is 30.2. The summed E-state index contributed by atoms with van der Waals surface area (Å²) >= 11 is 0. The predicted octanol–water partition coefficient (Wildman–Crippen LogP) is 1.06. The van der Waals surface area contributed by atoms with Crippen LogP contribution in [-0.4, -0.2) is 38.3 Å². The summed E-state index contributed by atoms with van der Waals surface area (Å²) in [5.74, 6) is 0.0676. The molecule has 0 aromatic carbocycles. The largest absolute Gasteiger partial charge is 0.378 e. The summed E-state index contributed by atoms with van der Waals surface area (Å²) in [4.78, 5) is 11.3. The number of carbonyl (C=O) groups excluding carboxylic acids is 1. The number of nitrogens with one attached hydrogen (secondary N) is 2. The Hall–Kier alpha value is -0.610. The minimum absolute atomic E-state index is 0.0676. The first-order valence-corrected chi connectivity index (χ1v) is 6.78. The number of likely N-dealkylation sites (N-methyl/N-ethyl adjacent to an activating group) is 1. The van der Waals surface area contributed by atoms with Crippen molar-refractivity contribution in [3.8, 4) is 0 Å². The molecule has 0 saturated heterocycles. The molecular formula is C13H24N2O2. The highest BCUT2D eigenvalue weighted by atomic mass is 16.5. The number of hydrogen-bond donors (Lipinski definition) is 2. The Balaban J connectivity index is 1.89. The fraction of sp³-hybridized carbons (Fsp3) is 0.923. The Morgan fingerprint density at radius 2 is 2.12 bits per heavy atom. The van der Waals surface area contributed by atoms with Crippen LogP contribution in [0.1, 0.15) is 39.0 Å². The SMILES string of the molecule is CCOC1CC(NCC(=O)NC)C12CCCC2. The van der Waals surface area contributed by atoms with Gasteiger partial charge in [-0.25, -0.2) is 0 Å². The van der Waals surface area contributed by atoms with E-state index in [1.807, 2.05) is 0 Å². The maximum atomic E-state index is 11.3. The Labute approximate surface area is 103 Å². The maximum Gasteiger partial charge on any atom is 0.233 e. The van der Waals surface area contributed by atoms with E-state index < -0.39 is 0 Å². The van der Waals surface area contributed by atoms with E-state index in [1.165, 1.54) is 25.7 Å². The molecule has 98 valence electrons. The van der Waals surface area contributed by atoms with E-state index in [-0.39, 0.29) is 5.91 Å². The van der Waals surface area contributed by atoms with Gasteiger partial charge in [-0.1, -0.05) is 12.8 Å². The van der Waals surface area contributed by atoms with Crippen LogP contribution in [0.5, 0.6) is 0 Å². The highest BCUT2D eigenvalue weighted by Gasteiger charge is 2.56. The van der Waals surface area contributed by atoms with Gasteiger partial charge in [0, 0.05) is 25.1 Å². The van der Waals surface area contributed by atoms with E-state index in [1.54, 1.807) is 7.05 Å². The minimum Gasteiger partial charge on any atom is -0.378 e. The molecule has 2 aliphatic rings. The number of rotatable bonds is 5. The van der Waals surface area contributed by atoms with Crippen LogP contribution in [0.4, 0.5) is 0 Å². The van der Waals surface area contributed by atoms with Crippen molar-refractivity contribution >= 4 is 5.91 Å². The highest BCUT2D eigenvalue weighted by molar-refractivity contribution is 5.77. The molecule has 2 fully saturated rings. The van der Waals surface area contributed by atoms with Gasteiger partial charge < -0.3 is 15.4 Å². The maximum absolute atomic E-state index is 11.3. The van der Waals surface area contributed by atoms with Crippen LogP contribution in [0.3, 0.4) is 0 Å². The first-order valence-electron chi connectivity index (χ1n) is 6.78. The molecule has 2 aliphatic carbocycles. The van der Waals surface area contributed by atoms with Gasteiger partial charge in [-0.3, -0.25) is 4.79 Å². The van der Waals surface area contributed by atoms with Gasteiger partial charge in [0.2, 0.25) is 5.91 Å². The summed E-state index contributed by atoms with van der Waals surface area (Å²) in [6.07, 6.45) is 6.60. The molecule has 1 amide bonds. The molecule has 0 aromatic heterocycles. The fourth-order valence-electron chi connectivity index (χ4n) is 3.48. The average Bonchev–Trinajstić information content (AvgIpc) is 2.84. The Bertz CT molecular complexity index is 275. The topological polar surface area (TPSA) is 50.4 Å². The molecule has 0 aromatic rings. The van der Waals surface area contributed by atoms with Crippen LogP contribution in [0.25, 0.3) is 0 Å². The van der Waals surface area contributed by atoms with Gasteiger partial charge >= 0.3 is 0 Å². The predicted molar refractivity (Wildman–Crippen MR) is 66.8 cm³/mol. The monoisotopic (exact) mass is 240 g/mol. The first-order chi connectivity index (χ1) is 8.23. The molecule has 1 spiro atoms. The zero-order valence-electron chi connectivity index (χ0n) is 10.9. The molecule has 0 radical (unpaired) electrons. The number of hydrogen-bond acceptors (Lipinski definition) is 3. The van der Waals surface area contributed by atoms with E-state index in [4.69, 9.17) is 4.74 Å². The zero-order valence-corrected chi connectivity index (χ0v) is 10.9. The van der Waals surface area contributed by atoms with Crippen molar-refractivity contribution in [2.24, 2.45) is 5.41 Å². The summed E-state index contributed by atoms with van der Waals surface area (Å²) in [5.41, 5.74) is 0.323. The lowest BCUT2D eigenvalue weighted by molar-refractivity contribution is -0.134. The molecule has 4 nitrogen and oxygen atoms in total. The average molecular weight is 240 g/mol. The Morgan fingerprint density at radius 3 is 2.71 bits per heavy atom. The molecule has 2 rings (SSSR count). The van der Waals surface area contributed by atoms with Crippen LogP contribution in [0.2, 0.25) is 0 Å². The smallest absolute Gasteiger partial charge is 0.233 e. The van der Waals surface area contributed by atoms with Crippen molar-refractivity contribution in [2.75, 3.05) is 20.2 Å². The Kier molecular flexibility index (Phi) is 4.05. The van der Waals surface area contributed by atoms with Gasteiger partial charge in [0.1, 0.15) is 0 Å². The second-order valence-electron chi connectivity index (χ2n) is 5.23. The quantitative estimate of drug-likeness (QED) is 0.755. The number of carbonyl (C=O) groups is 1. The first kappa shape index (κ1) is 12.8. The van der Waals surface area contributed by atoms with Crippen molar-refractivity contribution in [1.82, 2.24) is 10.6 Å². The van der Waals surface area contributed by atoms with E-state index in [2.05, 4.69) is 17.6 Å². The molecule has 0 heterocycles. The number of amides is 1. The van der Waals surface area contributed by atoms with Gasteiger partial charge in [-0.05, 0) is 26.2 Å². The molecule has 0 bridgehead atoms. The molecular weight excluding hydrogens is 216 g/mol. The van der Waals surface area contributed by atoms with Crippen LogP contribution in [0, 0.1) is 5.41 Å². The molecule has 17 heavy (non-hydrogen) atoms. The van der Waals surface area contributed by atoms with E-state index in [9.17, 15) is 4.79 Å². The van der Waals surface area contributed by atoms with Crippen molar-refractivity contribution in [2.45, 2.75) is 51.2 Å². The molecule has 2 unspecified atom stereocenters. The third kappa shape index (κ3) is 2.33. The second kappa shape index (κ2) is 5.36. The van der Waals surface area contributed by atoms with Gasteiger partial charge in [-0.15, -0.1) is 0 Å². The van der Waals surface area contributed by atoms with Crippen LogP contribution < -0.4 is 10.6 Å². The molecule has 0 aliphatic heterocycles. The summed E-state index contributed by atoms with van der Waals surface area (Å²) in [5, 5.41) is 6.05. The lowest BCUT2D eigenvalue weighted by Crippen LogP contribution is -2.63. The fourth-order valence-corrected chi connectivity index (χ4v) is 3.48. The standard InChI is InChI=1S/C13H24N2O2/c1-3-17-11-8-10(15-9-12(16)14-2)13(11)6-4-5-7-13/h10-11,15H,3-9H2,1-2H3,(H,14,16). The van der Waals surface area contributed by atoms with Crippen molar-refractivity contribution < 1.29 is 9.53 Å². The van der Waals surface area contributed by atoms with Crippen LogP contribution >= 0.6 is 0 Å². The summed E-state index contributed by atoms with van der Waals surface area (Å²) < 4.78 is 5.84. The van der Waals surface area contributed by atoms with Gasteiger partial charge in [-0.2, -0.15) is 0 Å². The van der Waals surface area contributed by atoms with E-state index in [0.717, 1.165) is 13.0 Å². The minimum atomic E-state index is 0.0676. The summed E-state index contributed by atoms with van der Waals surface area (Å²) in [6, 6.07) is 0.471. The lowest BCUT2D eigenvalue weighted by Gasteiger charge is -2.54. The zero-order chi connectivity index (χ0) is 12.3. The van der Waals surface area contributed by atoms with E-state index in [0.29, 0.717) is 24.1 Å². The molecule has 4 heteroatoms. The van der Waals surface area contributed by atoms with Crippen molar-refractivity contribution in [1.29, 1.82) is 0 Å². The summed E-state index contributed by atoms with van der Waals surface area (Å²) in [7, 11) is 1.68. The second-order valence-corrected chi connectivity index (χ2v) is 5.23. The van der Waals surface area contributed by atoms with E-state index >= 15 is 0 Å². The van der Waals surface area contributed by atoms with Gasteiger partial charge in [0.25, 0.3) is 0 Å². The lowest BCUT2D eigenvalue weighted by atomic mass is 9.60. The highest BCUT2D eigenvalue weighted by Crippen LogP contribution is 2.54. The van der Waals surface area contributed by atoms with Crippen LogP contribution in [0.15, 0.2) is 0 Å². The number of ether oxygens (including phenoxy) is 1. The molecule has 2 atom stereocenters. The summed E-state index contributed by atoms with van der Waals surface area (Å²) in [6.45, 7) is 3.30. The Morgan fingerprint density at radius 1 is 1.41 bits per heavy atom. The van der Waals surface area contributed by atoms with Gasteiger partial charge in [0.15, 0.2) is 0 Å². The van der Waals surface area contributed by atoms with Crippen molar-refractivity contribution in [3.05, 3.63) is 0 Å². The van der Waals surface area contributed by atoms with Crippen LogP contribution in [-0.2, 0) is 9.53 Å². The third-order valence-electron chi connectivity index (χ3n) is 4.48.